The molecule has 1 aromatic rings. The molecule has 1 aromatic heterocycles. The zero-order chi connectivity index (χ0) is 11.8. The molecule has 4 heteroatoms. The Hall–Kier alpha value is -0.480. The normalized spacial score (nSPS) is 12.9. The SMILES string of the molecule is CCNC(CC)CCCSc1nc(C)co1. The Bertz CT molecular complexity index is 288. The lowest BCUT2D eigenvalue weighted by atomic mass is 10.1. The number of hydrogen-bond donors (Lipinski definition) is 1. The minimum absolute atomic E-state index is 0.664. The molecular weight excluding hydrogens is 220 g/mol. The summed E-state index contributed by atoms with van der Waals surface area (Å²) in [5.74, 6) is 1.09. The second-order valence-corrected chi connectivity index (χ2v) is 4.95. The molecule has 0 bridgehead atoms. The highest BCUT2D eigenvalue weighted by Crippen LogP contribution is 2.18. The van der Waals surface area contributed by atoms with Crippen LogP contribution in [-0.4, -0.2) is 23.3 Å². The van der Waals surface area contributed by atoms with Crippen molar-refractivity contribution in [3.63, 3.8) is 0 Å². The summed E-state index contributed by atoms with van der Waals surface area (Å²) in [5.41, 5.74) is 0.960. The maximum atomic E-state index is 5.28. The molecule has 92 valence electrons. The Labute approximate surface area is 102 Å². The number of aromatic nitrogens is 1. The summed E-state index contributed by atoms with van der Waals surface area (Å²) in [4.78, 5) is 4.26. The zero-order valence-electron chi connectivity index (χ0n) is 10.5. The third kappa shape index (κ3) is 5.03. The van der Waals surface area contributed by atoms with E-state index >= 15 is 0 Å². The summed E-state index contributed by atoms with van der Waals surface area (Å²) < 4.78 is 5.28. The second-order valence-electron chi connectivity index (χ2n) is 3.91. The van der Waals surface area contributed by atoms with E-state index in [1.807, 2.05) is 6.92 Å². The van der Waals surface area contributed by atoms with Crippen molar-refractivity contribution < 1.29 is 4.42 Å². The van der Waals surface area contributed by atoms with Crippen LogP contribution in [0, 0.1) is 6.92 Å². The molecule has 0 amide bonds. The number of nitrogens with zero attached hydrogens (tertiary/aromatic N) is 1. The average Bonchev–Trinajstić information content (AvgIpc) is 2.69. The lowest BCUT2D eigenvalue weighted by Crippen LogP contribution is -2.28. The van der Waals surface area contributed by atoms with E-state index in [1.165, 1.54) is 19.3 Å². The predicted octanol–water partition coefficient (Wildman–Crippen LogP) is 3.24. The Kier molecular flexibility index (Phi) is 6.57. The number of oxazole rings is 1. The Morgan fingerprint density at radius 3 is 2.88 bits per heavy atom. The van der Waals surface area contributed by atoms with Gasteiger partial charge < -0.3 is 9.73 Å². The first-order chi connectivity index (χ1) is 7.76. The molecule has 0 fully saturated rings. The second kappa shape index (κ2) is 7.74. The Morgan fingerprint density at radius 2 is 2.31 bits per heavy atom. The highest BCUT2D eigenvalue weighted by atomic mass is 32.2. The molecule has 1 N–H and O–H groups in total. The van der Waals surface area contributed by atoms with Gasteiger partial charge in [0.1, 0.15) is 6.26 Å². The van der Waals surface area contributed by atoms with Crippen molar-refractivity contribution >= 4 is 11.8 Å². The van der Waals surface area contributed by atoms with Crippen molar-refractivity contribution in [1.82, 2.24) is 10.3 Å². The largest absolute Gasteiger partial charge is 0.440 e. The molecule has 0 aliphatic heterocycles. The van der Waals surface area contributed by atoms with Gasteiger partial charge in [-0.2, -0.15) is 0 Å². The van der Waals surface area contributed by atoms with Crippen LogP contribution in [0.3, 0.4) is 0 Å². The van der Waals surface area contributed by atoms with E-state index in [1.54, 1.807) is 18.0 Å². The van der Waals surface area contributed by atoms with Crippen LogP contribution in [0.1, 0.15) is 38.8 Å². The van der Waals surface area contributed by atoms with Crippen LogP contribution in [-0.2, 0) is 0 Å². The standard InChI is InChI=1S/C12H22N2OS/c1-4-11(13-5-2)7-6-8-16-12-14-10(3)9-15-12/h9,11,13H,4-8H2,1-3H3. The van der Waals surface area contributed by atoms with E-state index in [0.29, 0.717) is 6.04 Å². The summed E-state index contributed by atoms with van der Waals surface area (Å²) in [6, 6.07) is 0.664. The summed E-state index contributed by atoms with van der Waals surface area (Å²) in [6.45, 7) is 7.40. The van der Waals surface area contributed by atoms with Crippen molar-refractivity contribution in [1.29, 1.82) is 0 Å². The molecule has 1 unspecified atom stereocenters. The third-order valence-corrected chi connectivity index (χ3v) is 3.43. The zero-order valence-corrected chi connectivity index (χ0v) is 11.3. The average molecular weight is 242 g/mol. The van der Waals surface area contributed by atoms with Gasteiger partial charge in [-0.1, -0.05) is 25.6 Å². The van der Waals surface area contributed by atoms with E-state index in [-0.39, 0.29) is 0 Å². The van der Waals surface area contributed by atoms with Gasteiger partial charge in [-0.15, -0.1) is 0 Å². The van der Waals surface area contributed by atoms with E-state index < -0.39 is 0 Å². The lowest BCUT2D eigenvalue weighted by molar-refractivity contribution is 0.452. The monoisotopic (exact) mass is 242 g/mol. The summed E-state index contributed by atoms with van der Waals surface area (Å²) in [5, 5.41) is 4.29. The van der Waals surface area contributed by atoms with Gasteiger partial charge in [0.05, 0.1) is 5.69 Å². The molecule has 0 aromatic carbocycles. The van der Waals surface area contributed by atoms with Crippen LogP contribution in [0.25, 0.3) is 0 Å². The van der Waals surface area contributed by atoms with Crippen molar-refractivity contribution in [2.45, 2.75) is 51.3 Å². The smallest absolute Gasteiger partial charge is 0.255 e. The van der Waals surface area contributed by atoms with Gasteiger partial charge in [-0.05, 0) is 32.7 Å². The number of hydrogen-bond acceptors (Lipinski definition) is 4. The minimum Gasteiger partial charge on any atom is -0.440 e. The van der Waals surface area contributed by atoms with Crippen molar-refractivity contribution in [2.24, 2.45) is 0 Å². The van der Waals surface area contributed by atoms with Gasteiger partial charge >= 0.3 is 0 Å². The fraction of sp³-hybridized carbons (Fsp3) is 0.750. The van der Waals surface area contributed by atoms with Crippen molar-refractivity contribution in [2.75, 3.05) is 12.3 Å². The Morgan fingerprint density at radius 1 is 1.50 bits per heavy atom. The van der Waals surface area contributed by atoms with Crippen molar-refractivity contribution in [3.8, 4) is 0 Å². The summed E-state index contributed by atoms with van der Waals surface area (Å²) in [7, 11) is 0. The first-order valence-electron chi connectivity index (χ1n) is 6.04. The fourth-order valence-electron chi connectivity index (χ4n) is 1.63. The van der Waals surface area contributed by atoms with Gasteiger partial charge in [0.25, 0.3) is 5.22 Å². The van der Waals surface area contributed by atoms with E-state index in [0.717, 1.165) is 23.2 Å². The molecular formula is C12H22N2OS. The maximum absolute atomic E-state index is 5.28. The molecule has 0 spiro atoms. The van der Waals surface area contributed by atoms with Gasteiger partial charge in [0.15, 0.2) is 0 Å². The van der Waals surface area contributed by atoms with Gasteiger partial charge in [-0.25, -0.2) is 4.98 Å². The van der Waals surface area contributed by atoms with Crippen molar-refractivity contribution in [3.05, 3.63) is 12.0 Å². The van der Waals surface area contributed by atoms with Crippen LogP contribution < -0.4 is 5.32 Å². The number of thioether (sulfide) groups is 1. The molecule has 1 heterocycles. The fourth-order valence-corrected chi connectivity index (χ4v) is 2.44. The summed E-state index contributed by atoms with van der Waals surface area (Å²) >= 11 is 1.71. The van der Waals surface area contributed by atoms with Crippen LogP contribution in [0.5, 0.6) is 0 Å². The molecule has 0 radical (unpaired) electrons. The molecule has 1 atom stereocenters. The first kappa shape index (κ1) is 13.6. The first-order valence-corrected chi connectivity index (χ1v) is 7.03. The molecule has 0 aliphatic rings. The summed E-state index contributed by atoms with van der Waals surface area (Å²) in [6.07, 6.45) is 5.35. The highest BCUT2D eigenvalue weighted by Gasteiger charge is 2.05. The molecule has 0 saturated heterocycles. The number of nitrogens with one attached hydrogen (secondary N) is 1. The van der Waals surface area contributed by atoms with Gasteiger partial charge in [-0.3, -0.25) is 0 Å². The number of aryl methyl sites for hydroxylation is 1. The van der Waals surface area contributed by atoms with Crippen LogP contribution in [0.15, 0.2) is 15.9 Å². The maximum Gasteiger partial charge on any atom is 0.255 e. The predicted molar refractivity (Wildman–Crippen MR) is 69.0 cm³/mol. The van der Waals surface area contributed by atoms with Crippen LogP contribution in [0.4, 0.5) is 0 Å². The highest BCUT2D eigenvalue weighted by molar-refractivity contribution is 7.99. The third-order valence-electron chi connectivity index (χ3n) is 2.51. The Balaban J connectivity index is 2.11. The van der Waals surface area contributed by atoms with E-state index in [4.69, 9.17) is 4.42 Å². The molecule has 3 nitrogen and oxygen atoms in total. The molecule has 1 rings (SSSR count). The molecule has 0 aliphatic carbocycles. The topological polar surface area (TPSA) is 38.1 Å². The van der Waals surface area contributed by atoms with Crippen LogP contribution in [0.2, 0.25) is 0 Å². The van der Waals surface area contributed by atoms with Gasteiger partial charge in [0, 0.05) is 11.8 Å². The lowest BCUT2D eigenvalue weighted by Gasteiger charge is -2.14. The number of rotatable bonds is 8. The quantitative estimate of drug-likeness (QED) is 0.561. The van der Waals surface area contributed by atoms with Crippen LogP contribution >= 0.6 is 11.8 Å². The molecule has 0 saturated carbocycles. The van der Waals surface area contributed by atoms with E-state index in [2.05, 4.69) is 24.1 Å². The molecule has 16 heavy (non-hydrogen) atoms. The van der Waals surface area contributed by atoms with Gasteiger partial charge in [0.2, 0.25) is 0 Å². The minimum atomic E-state index is 0.664. The van der Waals surface area contributed by atoms with E-state index in [9.17, 15) is 0 Å².